The van der Waals surface area contributed by atoms with Crippen molar-refractivity contribution >= 4 is 33.1 Å². The lowest BCUT2D eigenvalue weighted by molar-refractivity contribution is -0.116. The summed E-state index contributed by atoms with van der Waals surface area (Å²) in [6.45, 7) is 2.10. The number of nitrogens with zero attached hydrogens (tertiary/aromatic N) is 2. The molecule has 35 heavy (non-hydrogen) atoms. The summed E-state index contributed by atoms with van der Waals surface area (Å²) in [4.78, 5) is 41.8. The maximum Gasteiger partial charge on any atom is 0.337 e. The van der Waals surface area contributed by atoms with Crippen LogP contribution in [0.15, 0.2) is 58.1 Å². The molecule has 1 amide bonds. The van der Waals surface area contributed by atoms with Crippen molar-refractivity contribution in [3.05, 3.63) is 85.6 Å². The molecule has 0 aliphatic heterocycles. The highest BCUT2D eigenvalue weighted by Crippen LogP contribution is 2.34. The van der Waals surface area contributed by atoms with Crippen molar-refractivity contribution in [2.24, 2.45) is 0 Å². The van der Waals surface area contributed by atoms with E-state index in [0.29, 0.717) is 33.9 Å². The Labute approximate surface area is 204 Å². The molecule has 2 heterocycles. The third kappa shape index (κ3) is 4.39. The van der Waals surface area contributed by atoms with Crippen molar-refractivity contribution in [1.82, 2.24) is 9.13 Å². The maximum absolute atomic E-state index is 13.6. The maximum atomic E-state index is 13.6. The van der Waals surface area contributed by atoms with Gasteiger partial charge in [-0.15, -0.1) is 11.3 Å². The van der Waals surface area contributed by atoms with Crippen LogP contribution in [0.25, 0.3) is 15.9 Å². The molecule has 0 saturated heterocycles. The van der Waals surface area contributed by atoms with Gasteiger partial charge in [0.15, 0.2) is 0 Å². The van der Waals surface area contributed by atoms with Crippen LogP contribution in [0, 0.1) is 5.82 Å². The van der Waals surface area contributed by atoms with Crippen molar-refractivity contribution < 1.29 is 13.9 Å². The fourth-order valence-electron chi connectivity index (χ4n) is 4.47. The van der Waals surface area contributed by atoms with Crippen LogP contribution in [0.2, 0.25) is 0 Å². The van der Waals surface area contributed by atoms with Crippen molar-refractivity contribution in [3.63, 3.8) is 0 Å². The lowest BCUT2D eigenvalue weighted by Gasteiger charge is -2.14. The first-order valence-corrected chi connectivity index (χ1v) is 12.4. The molecule has 0 bridgehead atoms. The number of hydrogen-bond donors (Lipinski definition) is 1. The molecular weight excluding hydrogens is 469 g/mol. The number of ether oxygens (including phenoxy) is 1. The van der Waals surface area contributed by atoms with Gasteiger partial charge in [0.1, 0.15) is 22.9 Å². The molecule has 1 aliphatic rings. The van der Waals surface area contributed by atoms with E-state index < -0.39 is 17.4 Å². The van der Waals surface area contributed by atoms with Gasteiger partial charge in [0.05, 0.1) is 17.7 Å². The van der Waals surface area contributed by atoms with E-state index in [4.69, 9.17) is 4.74 Å². The normalized spacial score (nSPS) is 13.0. The van der Waals surface area contributed by atoms with Gasteiger partial charge in [0.25, 0.3) is 5.56 Å². The molecule has 5 rings (SSSR count). The summed E-state index contributed by atoms with van der Waals surface area (Å²) < 4.78 is 21.2. The van der Waals surface area contributed by atoms with Crippen molar-refractivity contribution in [1.29, 1.82) is 0 Å². The zero-order valence-electron chi connectivity index (χ0n) is 19.2. The predicted octanol–water partition coefficient (Wildman–Crippen LogP) is 4.27. The molecule has 2 aromatic heterocycles. The van der Waals surface area contributed by atoms with Gasteiger partial charge in [0.2, 0.25) is 5.91 Å². The number of carbonyl (C=O) groups excluding carboxylic acids is 1. The number of nitrogens with one attached hydrogen (secondary N) is 1. The Hall–Kier alpha value is -3.72. The molecule has 1 aliphatic carbocycles. The summed E-state index contributed by atoms with van der Waals surface area (Å²) in [5.41, 5.74) is 0.858. The van der Waals surface area contributed by atoms with Gasteiger partial charge < -0.3 is 10.1 Å². The van der Waals surface area contributed by atoms with Crippen LogP contribution in [0.1, 0.15) is 30.2 Å². The van der Waals surface area contributed by atoms with E-state index in [0.717, 1.165) is 40.7 Å². The number of fused-ring (bicyclic) bond motifs is 3. The molecule has 7 nitrogen and oxygen atoms in total. The molecule has 0 saturated carbocycles. The number of halogens is 1. The summed E-state index contributed by atoms with van der Waals surface area (Å²) in [6, 6.07) is 12.2. The minimum Gasteiger partial charge on any atom is -0.494 e. The number of thiophene rings is 1. The number of amides is 1. The zero-order chi connectivity index (χ0) is 24.5. The summed E-state index contributed by atoms with van der Waals surface area (Å²) in [7, 11) is 0. The van der Waals surface area contributed by atoms with Gasteiger partial charge in [0, 0.05) is 10.6 Å². The highest BCUT2D eigenvalue weighted by Gasteiger charge is 2.25. The average Bonchev–Trinajstić information content (AvgIpc) is 3.24. The SMILES string of the molecule is CCOc1ccc(-n2c(=O)c3c4c(sc3n(CC(=O)Nc3ccc(F)cc3)c2=O)CCCC4)cc1. The second-order valence-electron chi connectivity index (χ2n) is 8.38. The van der Waals surface area contributed by atoms with E-state index in [1.54, 1.807) is 24.3 Å². The molecule has 4 aromatic rings. The molecule has 0 spiro atoms. The number of benzene rings is 2. The lowest BCUT2D eigenvalue weighted by Crippen LogP contribution is -2.40. The van der Waals surface area contributed by atoms with Gasteiger partial charge in [-0.2, -0.15) is 0 Å². The van der Waals surface area contributed by atoms with Crippen LogP contribution in [0.5, 0.6) is 5.75 Å². The molecule has 0 atom stereocenters. The molecule has 0 radical (unpaired) electrons. The molecule has 2 aromatic carbocycles. The Morgan fingerprint density at radius 1 is 1.06 bits per heavy atom. The molecule has 0 fully saturated rings. The third-order valence-corrected chi connectivity index (χ3v) is 7.39. The average molecular weight is 494 g/mol. The lowest BCUT2D eigenvalue weighted by atomic mass is 9.97. The van der Waals surface area contributed by atoms with E-state index in [-0.39, 0.29) is 12.1 Å². The summed E-state index contributed by atoms with van der Waals surface area (Å²) in [5, 5.41) is 3.21. The number of aryl methyl sites for hydroxylation is 2. The first-order chi connectivity index (χ1) is 17.0. The van der Waals surface area contributed by atoms with E-state index in [1.165, 1.54) is 40.2 Å². The minimum atomic E-state index is -0.584. The Morgan fingerprint density at radius 2 is 1.77 bits per heavy atom. The van der Waals surface area contributed by atoms with Crippen molar-refractivity contribution in [3.8, 4) is 11.4 Å². The highest BCUT2D eigenvalue weighted by molar-refractivity contribution is 7.18. The summed E-state index contributed by atoms with van der Waals surface area (Å²) in [5.74, 6) is -0.215. The van der Waals surface area contributed by atoms with Gasteiger partial charge in [-0.25, -0.2) is 13.8 Å². The Bertz CT molecular complexity index is 1520. The Morgan fingerprint density at radius 3 is 2.49 bits per heavy atom. The molecular formula is C26H24FN3O4S. The van der Waals surface area contributed by atoms with Crippen LogP contribution >= 0.6 is 11.3 Å². The van der Waals surface area contributed by atoms with Gasteiger partial charge >= 0.3 is 5.69 Å². The van der Waals surface area contributed by atoms with Gasteiger partial charge in [-0.05, 0) is 86.7 Å². The van der Waals surface area contributed by atoms with Crippen LogP contribution in [-0.4, -0.2) is 21.6 Å². The van der Waals surface area contributed by atoms with Crippen LogP contribution < -0.4 is 21.3 Å². The minimum absolute atomic E-state index is 0.274. The fraction of sp³-hybridized carbons (Fsp3) is 0.269. The summed E-state index contributed by atoms with van der Waals surface area (Å²) in [6.07, 6.45) is 3.63. The smallest absolute Gasteiger partial charge is 0.337 e. The van der Waals surface area contributed by atoms with Gasteiger partial charge in [-0.1, -0.05) is 0 Å². The second kappa shape index (κ2) is 9.50. The number of aromatic nitrogens is 2. The quantitative estimate of drug-likeness (QED) is 0.435. The predicted molar refractivity (Wildman–Crippen MR) is 135 cm³/mol. The van der Waals surface area contributed by atoms with E-state index >= 15 is 0 Å². The van der Waals surface area contributed by atoms with E-state index in [1.807, 2.05) is 6.92 Å². The largest absolute Gasteiger partial charge is 0.494 e. The van der Waals surface area contributed by atoms with Crippen molar-refractivity contribution in [2.45, 2.75) is 39.2 Å². The third-order valence-electron chi connectivity index (χ3n) is 6.07. The highest BCUT2D eigenvalue weighted by atomic mass is 32.1. The van der Waals surface area contributed by atoms with Gasteiger partial charge in [-0.3, -0.25) is 14.2 Å². The summed E-state index contributed by atoms with van der Waals surface area (Å²) >= 11 is 1.42. The molecule has 0 unspecified atom stereocenters. The van der Waals surface area contributed by atoms with Crippen molar-refractivity contribution in [2.75, 3.05) is 11.9 Å². The fourth-order valence-corrected chi connectivity index (χ4v) is 5.84. The number of hydrogen-bond acceptors (Lipinski definition) is 5. The number of rotatable bonds is 6. The Balaban J connectivity index is 1.63. The van der Waals surface area contributed by atoms with E-state index in [2.05, 4.69) is 5.32 Å². The first kappa shape index (κ1) is 23.0. The molecule has 9 heteroatoms. The zero-order valence-corrected chi connectivity index (χ0v) is 20.0. The van der Waals surface area contributed by atoms with Crippen LogP contribution in [0.4, 0.5) is 10.1 Å². The topological polar surface area (TPSA) is 82.3 Å². The number of anilines is 1. The standard InChI is InChI=1S/C26H24FN3O4S/c1-2-34-19-13-11-18(12-14-19)30-24(32)23-20-5-3-4-6-21(20)35-25(23)29(26(30)33)15-22(31)28-17-9-7-16(27)8-10-17/h7-14H,2-6,15H2,1H3,(H,28,31). The van der Waals surface area contributed by atoms with E-state index in [9.17, 15) is 18.8 Å². The Kier molecular flexibility index (Phi) is 6.25. The molecule has 1 N–H and O–H groups in total. The molecule has 180 valence electrons. The second-order valence-corrected chi connectivity index (χ2v) is 9.47. The monoisotopic (exact) mass is 493 g/mol. The first-order valence-electron chi connectivity index (χ1n) is 11.5. The van der Waals surface area contributed by atoms with Crippen LogP contribution in [-0.2, 0) is 24.2 Å². The van der Waals surface area contributed by atoms with Crippen LogP contribution in [0.3, 0.4) is 0 Å². The number of carbonyl (C=O) groups is 1.